The Labute approximate surface area is 185 Å². The van der Waals surface area contributed by atoms with Gasteiger partial charge in [-0.25, -0.2) is 0 Å². The number of tetrazole rings is 1. The molecule has 2 heterocycles. The molecule has 0 aliphatic rings. The Balaban J connectivity index is 1.87. The van der Waals surface area contributed by atoms with Crippen LogP contribution in [0.25, 0.3) is 16.9 Å². The summed E-state index contributed by atoms with van der Waals surface area (Å²) < 4.78 is 17.6. The molecule has 32 heavy (non-hydrogen) atoms. The average Bonchev–Trinajstić information content (AvgIpc) is 3.23. The quantitative estimate of drug-likeness (QED) is 0.530. The Hall–Kier alpha value is -3.69. The fourth-order valence-corrected chi connectivity index (χ4v) is 2.80. The van der Waals surface area contributed by atoms with Crippen LogP contribution < -0.4 is 15.0 Å². The van der Waals surface area contributed by atoms with Crippen molar-refractivity contribution >= 4 is 5.97 Å². The summed E-state index contributed by atoms with van der Waals surface area (Å²) in [5.41, 5.74) is 0.504. The summed E-state index contributed by atoms with van der Waals surface area (Å²) in [5, 5.41) is 11.3. The normalized spacial score (nSPS) is 11.3. The molecule has 0 fully saturated rings. The summed E-state index contributed by atoms with van der Waals surface area (Å²) in [6.45, 7) is 7.67. The van der Waals surface area contributed by atoms with Crippen LogP contribution in [-0.2, 0) is 16.1 Å². The molecule has 0 saturated heterocycles. The summed E-state index contributed by atoms with van der Waals surface area (Å²) in [4.78, 5) is 27.7. The topological polar surface area (TPSA) is 121 Å². The van der Waals surface area contributed by atoms with E-state index in [-0.39, 0.29) is 18.1 Å². The largest absolute Gasteiger partial charge is 0.493 e. The summed E-state index contributed by atoms with van der Waals surface area (Å²) in [6, 6.07) is 8.78. The van der Waals surface area contributed by atoms with Gasteiger partial charge in [0, 0.05) is 11.3 Å². The van der Waals surface area contributed by atoms with Gasteiger partial charge in [-0.1, -0.05) is 6.92 Å². The summed E-state index contributed by atoms with van der Waals surface area (Å²) >= 11 is 0. The molecule has 1 N–H and O–H groups in total. The Morgan fingerprint density at radius 1 is 1.16 bits per heavy atom. The molecule has 170 valence electrons. The van der Waals surface area contributed by atoms with Gasteiger partial charge in [0.25, 0.3) is 5.56 Å². The zero-order chi connectivity index (χ0) is 23.3. The van der Waals surface area contributed by atoms with Gasteiger partial charge in [0.15, 0.2) is 23.9 Å². The van der Waals surface area contributed by atoms with Gasteiger partial charge in [0.1, 0.15) is 5.69 Å². The van der Waals surface area contributed by atoms with E-state index in [1.807, 2.05) is 19.1 Å². The van der Waals surface area contributed by atoms with Gasteiger partial charge < -0.3 is 19.2 Å². The van der Waals surface area contributed by atoms with Crippen molar-refractivity contribution in [3.05, 3.63) is 46.5 Å². The van der Waals surface area contributed by atoms with E-state index in [1.54, 1.807) is 46.1 Å². The van der Waals surface area contributed by atoms with Crippen LogP contribution in [0.4, 0.5) is 0 Å². The minimum Gasteiger partial charge on any atom is -0.493 e. The third-order valence-electron chi connectivity index (χ3n) is 4.53. The Morgan fingerprint density at radius 3 is 2.59 bits per heavy atom. The molecule has 0 aliphatic carbocycles. The van der Waals surface area contributed by atoms with E-state index in [0.717, 1.165) is 12.0 Å². The van der Waals surface area contributed by atoms with Crippen LogP contribution in [0, 0.1) is 5.41 Å². The number of rotatable bonds is 8. The molecular formula is C22H27N5O5. The molecule has 0 saturated carbocycles. The molecule has 0 atom stereocenters. The zero-order valence-electron chi connectivity index (χ0n) is 18.8. The predicted octanol–water partition coefficient (Wildman–Crippen LogP) is 2.90. The van der Waals surface area contributed by atoms with Crippen LogP contribution in [0.15, 0.2) is 35.1 Å². The predicted molar refractivity (Wildman–Crippen MR) is 117 cm³/mol. The van der Waals surface area contributed by atoms with Crippen molar-refractivity contribution in [2.75, 3.05) is 13.7 Å². The summed E-state index contributed by atoms with van der Waals surface area (Å²) in [6.07, 6.45) is 0.859. The maximum atomic E-state index is 12.8. The number of hydrogen-bond acceptors (Lipinski definition) is 8. The number of aromatic amines is 1. The number of carbonyl (C=O) groups excluding carboxylic acids is 1. The third kappa shape index (κ3) is 5.13. The van der Waals surface area contributed by atoms with Crippen molar-refractivity contribution < 1.29 is 19.0 Å². The highest BCUT2D eigenvalue weighted by Gasteiger charge is 2.24. The highest BCUT2D eigenvalue weighted by atomic mass is 16.5. The fourth-order valence-electron chi connectivity index (χ4n) is 2.80. The number of methoxy groups -OCH3 is 1. The molecule has 0 spiro atoms. The SMILES string of the molecule is CCCOc1cc(-c2ccc(-n3nnnc3COC(=O)C(C)(C)C)c(=O)[nH]2)ccc1OC. The van der Waals surface area contributed by atoms with E-state index in [9.17, 15) is 9.59 Å². The van der Waals surface area contributed by atoms with Crippen LogP contribution >= 0.6 is 0 Å². The van der Waals surface area contributed by atoms with E-state index in [2.05, 4.69) is 20.5 Å². The zero-order valence-corrected chi connectivity index (χ0v) is 18.8. The van der Waals surface area contributed by atoms with Gasteiger partial charge in [-0.15, -0.1) is 5.10 Å². The van der Waals surface area contributed by atoms with E-state index in [1.165, 1.54) is 4.68 Å². The molecule has 0 bridgehead atoms. The van der Waals surface area contributed by atoms with Gasteiger partial charge in [-0.3, -0.25) is 9.59 Å². The van der Waals surface area contributed by atoms with Crippen molar-refractivity contribution in [3.63, 3.8) is 0 Å². The lowest BCUT2D eigenvalue weighted by Crippen LogP contribution is -2.24. The fraction of sp³-hybridized carbons (Fsp3) is 0.409. The highest BCUT2D eigenvalue weighted by molar-refractivity contribution is 5.75. The number of nitrogens with zero attached hydrogens (tertiary/aromatic N) is 4. The van der Waals surface area contributed by atoms with E-state index < -0.39 is 16.9 Å². The first kappa shape index (κ1) is 23.0. The minimum absolute atomic E-state index is 0.152. The van der Waals surface area contributed by atoms with Gasteiger partial charge in [0.2, 0.25) is 0 Å². The maximum absolute atomic E-state index is 12.8. The molecule has 0 aliphatic heterocycles. The van der Waals surface area contributed by atoms with Crippen molar-refractivity contribution in [3.8, 4) is 28.4 Å². The number of ether oxygens (including phenoxy) is 3. The van der Waals surface area contributed by atoms with E-state index in [4.69, 9.17) is 14.2 Å². The second-order valence-electron chi connectivity index (χ2n) is 8.13. The Morgan fingerprint density at radius 2 is 1.94 bits per heavy atom. The molecule has 0 amide bonds. The first-order valence-corrected chi connectivity index (χ1v) is 10.2. The standard InChI is InChI=1S/C22H27N5O5/c1-6-11-31-18-12-14(7-10-17(18)30-5)15-8-9-16(20(28)23-15)27-19(24-25-26-27)13-32-21(29)22(2,3)4/h7-10,12H,6,11,13H2,1-5H3,(H,23,28). The maximum Gasteiger partial charge on any atom is 0.311 e. The average molecular weight is 441 g/mol. The van der Waals surface area contributed by atoms with Crippen LogP contribution in [-0.4, -0.2) is 44.9 Å². The van der Waals surface area contributed by atoms with Gasteiger partial charge in [-0.2, -0.15) is 4.68 Å². The number of carbonyl (C=O) groups is 1. The van der Waals surface area contributed by atoms with Crippen LogP contribution in [0.5, 0.6) is 11.5 Å². The summed E-state index contributed by atoms with van der Waals surface area (Å²) in [7, 11) is 1.58. The molecule has 3 aromatic rings. The van der Waals surface area contributed by atoms with Gasteiger partial charge in [-0.05, 0) is 68.0 Å². The molecule has 3 rings (SSSR count). The van der Waals surface area contributed by atoms with Crippen molar-refractivity contribution in [1.82, 2.24) is 25.2 Å². The van der Waals surface area contributed by atoms with E-state index in [0.29, 0.717) is 23.8 Å². The van der Waals surface area contributed by atoms with Gasteiger partial charge >= 0.3 is 5.97 Å². The first-order chi connectivity index (χ1) is 15.2. The highest BCUT2D eigenvalue weighted by Crippen LogP contribution is 2.32. The molecule has 2 aromatic heterocycles. The molecular weight excluding hydrogens is 414 g/mol. The molecule has 0 unspecified atom stereocenters. The lowest BCUT2D eigenvalue weighted by molar-refractivity contribution is -0.154. The number of aromatic nitrogens is 5. The van der Waals surface area contributed by atoms with Gasteiger partial charge in [0.05, 0.1) is 19.1 Å². The minimum atomic E-state index is -0.657. The third-order valence-corrected chi connectivity index (χ3v) is 4.53. The second kappa shape index (κ2) is 9.63. The van der Waals surface area contributed by atoms with Crippen LogP contribution in [0.1, 0.15) is 39.9 Å². The Bertz CT molecular complexity index is 1150. The van der Waals surface area contributed by atoms with Crippen molar-refractivity contribution in [1.29, 1.82) is 0 Å². The number of H-pyrrole nitrogens is 1. The number of benzene rings is 1. The van der Waals surface area contributed by atoms with Crippen LogP contribution in [0.3, 0.4) is 0 Å². The molecule has 0 radical (unpaired) electrons. The lowest BCUT2D eigenvalue weighted by Gasteiger charge is -2.16. The number of hydrogen-bond donors (Lipinski definition) is 1. The van der Waals surface area contributed by atoms with Crippen LogP contribution in [0.2, 0.25) is 0 Å². The Kier molecular flexibility index (Phi) is 6.92. The smallest absolute Gasteiger partial charge is 0.311 e. The van der Waals surface area contributed by atoms with Crippen molar-refractivity contribution in [2.24, 2.45) is 5.41 Å². The second-order valence-corrected chi connectivity index (χ2v) is 8.13. The molecule has 1 aromatic carbocycles. The molecule has 10 nitrogen and oxygen atoms in total. The number of nitrogens with one attached hydrogen (secondary N) is 1. The lowest BCUT2D eigenvalue weighted by atomic mass is 9.97. The number of esters is 1. The first-order valence-electron chi connectivity index (χ1n) is 10.2. The number of pyridine rings is 1. The van der Waals surface area contributed by atoms with Crippen molar-refractivity contribution in [2.45, 2.75) is 40.7 Å². The molecule has 10 heteroatoms. The monoisotopic (exact) mass is 441 g/mol. The van der Waals surface area contributed by atoms with E-state index >= 15 is 0 Å². The summed E-state index contributed by atoms with van der Waals surface area (Å²) in [5.74, 6) is 1.06.